The van der Waals surface area contributed by atoms with E-state index in [0.29, 0.717) is 18.8 Å². The van der Waals surface area contributed by atoms with Crippen molar-refractivity contribution in [2.24, 2.45) is 0 Å². The third-order valence-electron chi connectivity index (χ3n) is 7.56. The second kappa shape index (κ2) is 10.4. The lowest BCUT2D eigenvalue weighted by molar-refractivity contribution is -0.133. The third kappa shape index (κ3) is 5.12. The second-order valence-electron chi connectivity index (χ2n) is 10.1. The van der Waals surface area contributed by atoms with Crippen LogP contribution >= 0.6 is 0 Å². The summed E-state index contributed by atoms with van der Waals surface area (Å²) in [4.78, 5) is 45.5. The maximum absolute atomic E-state index is 13.2. The Kier molecular flexibility index (Phi) is 7.57. The summed E-state index contributed by atoms with van der Waals surface area (Å²) in [5, 5.41) is 10.5. The van der Waals surface area contributed by atoms with Gasteiger partial charge < -0.3 is 25.3 Å². The maximum Gasteiger partial charge on any atom is 0.273 e. The van der Waals surface area contributed by atoms with Gasteiger partial charge in [-0.3, -0.25) is 19.1 Å². The van der Waals surface area contributed by atoms with Crippen LogP contribution in [0.2, 0.25) is 0 Å². The Morgan fingerprint density at radius 3 is 2.56 bits per heavy atom. The standard InChI is InChI=1S/C24H39N7O3/c1-4-30-22(33)20-16-19(21(32)25-10-7-11-29-14-12-28(3)13-15-29)27-31(20)17-24(30,2)23(34)26-18-8-5-6-9-18/h16,18H,4-15,17H2,1-3H3,(H,25,32)(H,26,34)/t24-/m0/s1. The fourth-order valence-corrected chi connectivity index (χ4v) is 5.32. The van der Waals surface area contributed by atoms with Crippen molar-refractivity contribution in [2.75, 3.05) is 52.9 Å². The van der Waals surface area contributed by atoms with E-state index in [1.807, 2.05) is 6.92 Å². The minimum Gasteiger partial charge on any atom is -0.351 e. The molecule has 10 heteroatoms. The molecule has 1 saturated heterocycles. The molecule has 0 spiro atoms. The summed E-state index contributed by atoms with van der Waals surface area (Å²) in [6, 6.07) is 1.72. The molecule has 1 aromatic heterocycles. The highest BCUT2D eigenvalue weighted by Gasteiger charge is 2.48. The highest BCUT2D eigenvalue weighted by Crippen LogP contribution is 2.28. The van der Waals surface area contributed by atoms with Gasteiger partial charge in [0.05, 0.1) is 6.54 Å². The summed E-state index contributed by atoms with van der Waals surface area (Å²) < 4.78 is 1.53. The van der Waals surface area contributed by atoms with E-state index in [4.69, 9.17) is 0 Å². The van der Waals surface area contributed by atoms with Crippen LogP contribution in [0.1, 0.15) is 66.9 Å². The number of fused-ring (bicyclic) bond motifs is 1. The van der Waals surface area contributed by atoms with Gasteiger partial charge in [0.15, 0.2) is 5.69 Å². The Bertz CT molecular complexity index is 902. The molecule has 2 fully saturated rings. The predicted octanol–water partition coefficient (Wildman–Crippen LogP) is 0.544. The Morgan fingerprint density at radius 2 is 1.88 bits per heavy atom. The van der Waals surface area contributed by atoms with Crippen LogP contribution in [0.4, 0.5) is 0 Å². The number of hydrogen-bond acceptors (Lipinski definition) is 6. The summed E-state index contributed by atoms with van der Waals surface area (Å²) in [5.74, 6) is -0.696. The SMILES string of the molecule is CCN1C(=O)c2cc(C(=O)NCCCN3CCN(C)CC3)nn2C[C@@]1(C)C(=O)NC1CCCC1. The Morgan fingerprint density at radius 1 is 1.18 bits per heavy atom. The van der Waals surface area contributed by atoms with Crippen molar-refractivity contribution < 1.29 is 14.4 Å². The summed E-state index contributed by atoms with van der Waals surface area (Å²) >= 11 is 0. The number of likely N-dealkylation sites (N-methyl/N-ethyl adjacent to an activating group) is 2. The number of aromatic nitrogens is 2. The zero-order valence-electron chi connectivity index (χ0n) is 20.8. The zero-order valence-corrected chi connectivity index (χ0v) is 20.8. The van der Waals surface area contributed by atoms with E-state index < -0.39 is 5.54 Å². The topological polar surface area (TPSA) is 103 Å². The summed E-state index contributed by atoms with van der Waals surface area (Å²) in [6.45, 7) is 10.1. The minimum atomic E-state index is -1.04. The summed E-state index contributed by atoms with van der Waals surface area (Å²) in [6.07, 6.45) is 5.07. The molecule has 3 heterocycles. The molecule has 34 heavy (non-hydrogen) atoms. The Labute approximate surface area is 202 Å². The second-order valence-corrected chi connectivity index (χ2v) is 10.1. The van der Waals surface area contributed by atoms with Crippen LogP contribution in [-0.4, -0.2) is 107 Å². The lowest BCUT2D eigenvalue weighted by Gasteiger charge is -2.43. The normalized spacial score (nSPS) is 24.3. The number of carbonyl (C=O) groups excluding carboxylic acids is 3. The zero-order chi connectivity index (χ0) is 24.3. The van der Waals surface area contributed by atoms with Crippen molar-refractivity contribution >= 4 is 17.7 Å². The molecule has 10 nitrogen and oxygen atoms in total. The molecule has 0 aromatic carbocycles. The van der Waals surface area contributed by atoms with Crippen molar-refractivity contribution in [2.45, 2.75) is 64.1 Å². The highest BCUT2D eigenvalue weighted by molar-refractivity contribution is 6.01. The van der Waals surface area contributed by atoms with Crippen molar-refractivity contribution in [1.82, 2.24) is 35.1 Å². The smallest absolute Gasteiger partial charge is 0.273 e. The Hall–Kier alpha value is -2.46. The molecule has 0 radical (unpaired) electrons. The molecule has 0 bridgehead atoms. The molecular formula is C24H39N7O3. The number of nitrogens with zero attached hydrogens (tertiary/aromatic N) is 5. The van der Waals surface area contributed by atoms with Crippen LogP contribution in [0, 0.1) is 0 Å². The molecule has 2 aliphatic heterocycles. The molecule has 2 N–H and O–H groups in total. The van der Waals surface area contributed by atoms with E-state index in [9.17, 15) is 14.4 Å². The lowest BCUT2D eigenvalue weighted by Crippen LogP contribution is -2.64. The molecular weight excluding hydrogens is 434 g/mol. The van der Waals surface area contributed by atoms with E-state index in [1.54, 1.807) is 17.9 Å². The first-order valence-electron chi connectivity index (χ1n) is 12.7. The molecule has 188 valence electrons. The summed E-state index contributed by atoms with van der Waals surface area (Å²) in [5.41, 5.74) is -0.459. The predicted molar refractivity (Wildman–Crippen MR) is 129 cm³/mol. The van der Waals surface area contributed by atoms with Gasteiger partial charge in [-0.25, -0.2) is 0 Å². The van der Waals surface area contributed by atoms with Gasteiger partial charge >= 0.3 is 0 Å². The molecule has 1 saturated carbocycles. The minimum absolute atomic E-state index is 0.148. The summed E-state index contributed by atoms with van der Waals surface area (Å²) in [7, 11) is 2.14. The monoisotopic (exact) mass is 473 g/mol. The van der Waals surface area contributed by atoms with Crippen LogP contribution in [0.5, 0.6) is 0 Å². The van der Waals surface area contributed by atoms with Crippen molar-refractivity contribution in [3.8, 4) is 0 Å². The third-order valence-corrected chi connectivity index (χ3v) is 7.56. The van der Waals surface area contributed by atoms with Crippen LogP contribution in [0.3, 0.4) is 0 Å². The molecule has 0 unspecified atom stereocenters. The lowest BCUT2D eigenvalue weighted by atomic mass is 9.94. The van der Waals surface area contributed by atoms with Gasteiger partial charge in [-0.15, -0.1) is 0 Å². The van der Waals surface area contributed by atoms with Crippen molar-refractivity contribution in [3.05, 3.63) is 17.5 Å². The van der Waals surface area contributed by atoms with Crippen LogP contribution < -0.4 is 10.6 Å². The molecule has 1 atom stereocenters. The van der Waals surface area contributed by atoms with Gasteiger partial charge in [0, 0.05) is 51.4 Å². The molecule has 3 amide bonds. The maximum atomic E-state index is 13.2. The number of nitrogens with one attached hydrogen (secondary N) is 2. The Balaban J connectivity index is 1.36. The van der Waals surface area contributed by atoms with Gasteiger partial charge in [-0.05, 0) is 46.7 Å². The molecule has 1 aliphatic carbocycles. The molecule has 3 aliphatic rings. The number of piperazine rings is 1. The molecule has 1 aromatic rings. The number of rotatable bonds is 8. The fourth-order valence-electron chi connectivity index (χ4n) is 5.32. The van der Waals surface area contributed by atoms with Gasteiger partial charge in [0.1, 0.15) is 11.2 Å². The average Bonchev–Trinajstić information content (AvgIpc) is 3.48. The fraction of sp³-hybridized carbons (Fsp3) is 0.750. The van der Waals surface area contributed by atoms with Gasteiger partial charge in [-0.1, -0.05) is 12.8 Å². The first-order chi connectivity index (χ1) is 16.3. The largest absolute Gasteiger partial charge is 0.351 e. The van der Waals surface area contributed by atoms with Gasteiger partial charge in [0.2, 0.25) is 5.91 Å². The molecule has 4 rings (SSSR count). The van der Waals surface area contributed by atoms with Crippen molar-refractivity contribution in [3.63, 3.8) is 0 Å². The first-order valence-corrected chi connectivity index (χ1v) is 12.7. The van der Waals surface area contributed by atoms with Gasteiger partial charge in [-0.2, -0.15) is 5.10 Å². The van der Waals surface area contributed by atoms with Crippen LogP contribution in [-0.2, 0) is 11.3 Å². The quantitative estimate of drug-likeness (QED) is 0.535. The van der Waals surface area contributed by atoms with E-state index >= 15 is 0 Å². The van der Waals surface area contributed by atoms with E-state index in [1.165, 1.54) is 4.68 Å². The van der Waals surface area contributed by atoms with Crippen molar-refractivity contribution in [1.29, 1.82) is 0 Å². The first kappa shape index (κ1) is 24.7. The van der Waals surface area contributed by atoms with Crippen LogP contribution in [0.25, 0.3) is 0 Å². The number of carbonyl (C=O) groups is 3. The average molecular weight is 474 g/mol. The van der Waals surface area contributed by atoms with E-state index in [0.717, 1.165) is 64.8 Å². The van der Waals surface area contributed by atoms with Crippen LogP contribution in [0.15, 0.2) is 6.07 Å². The number of amides is 3. The number of hydrogen-bond donors (Lipinski definition) is 2. The highest BCUT2D eigenvalue weighted by atomic mass is 16.2. The van der Waals surface area contributed by atoms with Gasteiger partial charge in [0.25, 0.3) is 11.8 Å². The van der Waals surface area contributed by atoms with E-state index in [2.05, 4.69) is 32.6 Å². The van der Waals surface area contributed by atoms with E-state index in [-0.39, 0.29) is 36.0 Å².